The molecule has 0 unspecified atom stereocenters. The Labute approximate surface area is 206 Å². The van der Waals surface area contributed by atoms with Crippen LogP contribution in [-0.4, -0.2) is 43.4 Å². The number of hydrogen-bond acceptors (Lipinski definition) is 4. The molecule has 4 nitrogen and oxygen atoms in total. The molecule has 0 radical (unpaired) electrons. The molecule has 0 atom stereocenters. The average molecular weight is 475 g/mol. The van der Waals surface area contributed by atoms with Gasteiger partial charge in [0.1, 0.15) is 0 Å². The van der Waals surface area contributed by atoms with Crippen molar-refractivity contribution in [1.29, 1.82) is 0 Å². The number of hydrogen-bond donors (Lipinski definition) is 0. The maximum Gasteiger partial charge on any atom is 1.00 e. The molecule has 1 aliphatic rings. The first-order chi connectivity index (χ1) is 13.8. The van der Waals surface area contributed by atoms with Crippen molar-refractivity contribution < 1.29 is 39.5 Å². The third-order valence-electron chi connectivity index (χ3n) is 5.44. The summed E-state index contributed by atoms with van der Waals surface area (Å²) in [6, 6.07) is 17.4. The van der Waals surface area contributed by atoms with Crippen molar-refractivity contribution in [2.24, 2.45) is 5.92 Å². The van der Waals surface area contributed by atoms with Gasteiger partial charge < -0.3 is 0 Å². The summed E-state index contributed by atoms with van der Waals surface area (Å²) in [5, 5.41) is 10.8. The fraction of sp³-hybridized carbons (Fsp3) is 0.333. The van der Waals surface area contributed by atoms with E-state index in [1.807, 2.05) is 6.20 Å². The van der Waals surface area contributed by atoms with E-state index < -0.39 is 5.97 Å². The molecule has 150 valence electrons. The van der Waals surface area contributed by atoms with E-state index in [9.17, 15) is 9.90 Å². The van der Waals surface area contributed by atoms with Crippen molar-refractivity contribution in [3.05, 3.63) is 65.9 Å². The number of carbonyl (C=O) groups is 1. The first-order valence-corrected chi connectivity index (χ1v) is 11.6. The second kappa shape index (κ2) is 9.52. The van der Waals surface area contributed by atoms with Gasteiger partial charge >= 0.3 is 208 Å². The zero-order valence-electron chi connectivity index (χ0n) is 18.0. The average Bonchev–Trinajstić information content (AvgIpc) is 3.14. The number of carboxylic acid groups (broad SMARTS) is 1. The molecule has 4 rings (SSSR count). The minimum Gasteiger partial charge on any atom is 1.00 e. The number of carboxylic acids is 1. The molecule has 2 heterocycles. The van der Waals surface area contributed by atoms with Crippen LogP contribution in [0.15, 0.2) is 54.7 Å². The first kappa shape index (κ1) is 23.5. The first-order valence-electron chi connectivity index (χ1n) is 9.89. The summed E-state index contributed by atoms with van der Waals surface area (Å²) in [4.78, 5) is 17.6. The van der Waals surface area contributed by atoms with Gasteiger partial charge in [-0.25, -0.2) is 0 Å². The maximum absolute atomic E-state index is 10.8. The zero-order valence-corrected chi connectivity index (χ0v) is 21.7. The number of benzene rings is 2. The Kier molecular flexibility index (Phi) is 7.44. The van der Waals surface area contributed by atoms with Crippen LogP contribution in [0, 0.1) is 5.92 Å². The zero-order chi connectivity index (χ0) is 20.6. The normalized spacial score (nSPS) is 14.8. The van der Waals surface area contributed by atoms with Crippen LogP contribution in [0.1, 0.15) is 31.9 Å². The van der Waals surface area contributed by atoms with Crippen LogP contribution in [-0.2, 0) is 16.8 Å². The molecule has 1 aromatic heterocycles. The van der Waals surface area contributed by atoms with Crippen LogP contribution in [0.4, 0.5) is 0 Å². The quantitative estimate of drug-likeness (QED) is 0.486. The number of aliphatic carboxylic acids is 1. The van der Waals surface area contributed by atoms with E-state index in [1.165, 1.54) is 26.7 Å². The number of aromatic nitrogens is 1. The van der Waals surface area contributed by atoms with Crippen LogP contribution in [0.3, 0.4) is 0 Å². The van der Waals surface area contributed by atoms with Crippen LogP contribution in [0.2, 0.25) is 0 Å². The van der Waals surface area contributed by atoms with Crippen molar-refractivity contribution >= 4 is 20.5 Å². The maximum atomic E-state index is 10.8. The van der Waals surface area contributed by atoms with Gasteiger partial charge in [-0.3, -0.25) is 0 Å². The summed E-state index contributed by atoms with van der Waals surface area (Å²) < 4.78 is 2.46. The van der Waals surface area contributed by atoms with Crippen LogP contribution in [0.5, 0.6) is 0 Å². The minimum absolute atomic E-state index is 0. The van der Waals surface area contributed by atoms with Crippen molar-refractivity contribution in [3.63, 3.8) is 0 Å². The fourth-order valence-corrected chi connectivity index (χ4v) is 5.48. The van der Waals surface area contributed by atoms with E-state index in [2.05, 4.69) is 79.2 Å². The molecular weight excluding hydrogens is 450 g/mol. The van der Waals surface area contributed by atoms with E-state index in [4.69, 9.17) is 0 Å². The number of likely N-dealkylation sites (tertiary alicyclic amines) is 1. The van der Waals surface area contributed by atoms with Crippen molar-refractivity contribution in [3.8, 4) is 20.1 Å². The largest absolute Gasteiger partial charge is 1.00 e. The molecule has 1 aliphatic heterocycles. The van der Waals surface area contributed by atoms with E-state index in [1.54, 1.807) is 0 Å². The molecule has 0 N–H and O–H groups in total. The summed E-state index contributed by atoms with van der Waals surface area (Å²) in [5.74, 6) is -1.25. The Bertz CT molecular complexity index is 1000. The molecule has 0 bridgehead atoms. The van der Waals surface area contributed by atoms with Gasteiger partial charge in [0.15, 0.2) is 0 Å². The number of carbonyl (C=O) groups excluding carboxylic acids is 1. The number of nitrogens with zero attached hydrogens (tertiary/aromatic N) is 2. The standard InChI is InChI=1S/C24H26N2O2Se.Na/c1-24(2,3)20-10-8-17(9-11-20)21-12-25-22(29-21)18-6-4-16(5-7-18)13-26-14-19(15-26)23(27)28;/h4-12,19H,13-15H2,1-3H3,(H,27,28);/q;+1/p-1. The molecular formula is C24H25N2NaO2Se. The third-order valence-corrected chi connectivity index (χ3v) is 7.74. The van der Waals surface area contributed by atoms with Gasteiger partial charge in [-0.05, 0) is 0 Å². The SMILES string of the molecule is CC(C)(C)c1ccc(-c2cnc(-c3ccc(CN4CC(C(=O)[O-])C4)cc3)[se]2)cc1.[Na+]. The number of rotatable bonds is 5. The molecule has 0 aliphatic carbocycles. The van der Waals surface area contributed by atoms with Crippen LogP contribution < -0.4 is 34.7 Å². The van der Waals surface area contributed by atoms with Gasteiger partial charge in [0, 0.05) is 0 Å². The van der Waals surface area contributed by atoms with Crippen LogP contribution >= 0.6 is 0 Å². The van der Waals surface area contributed by atoms with Crippen molar-refractivity contribution in [2.45, 2.75) is 32.7 Å². The summed E-state index contributed by atoms with van der Waals surface area (Å²) in [7, 11) is 0. The molecule has 0 saturated carbocycles. The van der Waals surface area contributed by atoms with Gasteiger partial charge in [0.2, 0.25) is 0 Å². The topological polar surface area (TPSA) is 56.3 Å². The van der Waals surface area contributed by atoms with Gasteiger partial charge in [-0.1, -0.05) is 0 Å². The molecule has 0 amide bonds. The summed E-state index contributed by atoms with van der Waals surface area (Å²) >= 11 is 0.198. The van der Waals surface area contributed by atoms with Gasteiger partial charge in [0.05, 0.1) is 0 Å². The van der Waals surface area contributed by atoms with Gasteiger partial charge in [-0.2, -0.15) is 0 Å². The summed E-state index contributed by atoms with van der Waals surface area (Å²) in [6.07, 6.45) is 2.01. The molecule has 3 aromatic rings. The van der Waals surface area contributed by atoms with Gasteiger partial charge in [-0.15, -0.1) is 0 Å². The van der Waals surface area contributed by atoms with Gasteiger partial charge in [0.25, 0.3) is 0 Å². The van der Waals surface area contributed by atoms with Crippen molar-refractivity contribution in [1.82, 2.24) is 9.88 Å². The van der Waals surface area contributed by atoms with E-state index in [0.29, 0.717) is 13.1 Å². The van der Waals surface area contributed by atoms with Crippen LogP contribution in [0.25, 0.3) is 20.1 Å². The monoisotopic (exact) mass is 476 g/mol. The Morgan fingerprint density at radius 3 is 2.23 bits per heavy atom. The Morgan fingerprint density at radius 1 is 1.07 bits per heavy atom. The fourth-order valence-electron chi connectivity index (χ4n) is 3.53. The summed E-state index contributed by atoms with van der Waals surface area (Å²) in [5.41, 5.74) is 5.13. The molecule has 1 fully saturated rings. The smallest absolute Gasteiger partial charge is 1.00 e. The second-order valence-electron chi connectivity index (χ2n) is 8.76. The predicted molar refractivity (Wildman–Crippen MR) is 115 cm³/mol. The molecule has 0 spiro atoms. The van der Waals surface area contributed by atoms with Crippen molar-refractivity contribution in [2.75, 3.05) is 13.1 Å². The Hall–Kier alpha value is -1.20. The molecule has 1 saturated heterocycles. The van der Waals surface area contributed by atoms with E-state index in [-0.39, 0.29) is 55.4 Å². The summed E-state index contributed by atoms with van der Waals surface area (Å²) in [6.45, 7) is 8.65. The van der Waals surface area contributed by atoms with E-state index in [0.717, 1.165) is 11.1 Å². The Balaban J connectivity index is 0.00000256. The predicted octanol–water partition coefficient (Wildman–Crippen LogP) is -0.0442. The molecule has 2 aromatic carbocycles. The van der Waals surface area contributed by atoms with E-state index >= 15 is 0 Å². The molecule has 6 heteroatoms. The third kappa shape index (κ3) is 5.34. The Morgan fingerprint density at radius 2 is 1.67 bits per heavy atom. The second-order valence-corrected chi connectivity index (χ2v) is 10.9. The molecule has 30 heavy (non-hydrogen) atoms. The minimum atomic E-state index is -0.936.